The number of rotatable bonds is 5. The Kier molecular flexibility index (Phi) is 5.61. The van der Waals surface area contributed by atoms with Crippen molar-refractivity contribution in [2.45, 2.75) is 17.7 Å². The van der Waals surface area contributed by atoms with E-state index in [1.807, 2.05) is 0 Å². The van der Waals surface area contributed by atoms with Crippen molar-refractivity contribution in [1.82, 2.24) is 4.31 Å². The molecule has 0 aromatic heterocycles. The molecule has 2 aromatic carbocycles. The van der Waals surface area contributed by atoms with E-state index in [1.165, 1.54) is 16.4 Å². The standard InChI is InChI=1S/C18H21N2O4PS/c1-24-16-9-4-13(12-17(16)25)18(21)19-14-5-7-15(8-6-14)26(22,23)20-10-2-3-11-20/h4-9,12H,2-3,10-11,25H2,1H3,(H,19,21). The van der Waals surface area contributed by atoms with Gasteiger partial charge in [0.2, 0.25) is 10.0 Å². The van der Waals surface area contributed by atoms with Crippen LogP contribution in [-0.2, 0) is 10.0 Å². The second-order valence-corrected chi connectivity index (χ2v) is 8.61. The van der Waals surface area contributed by atoms with E-state index in [-0.39, 0.29) is 10.8 Å². The van der Waals surface area contributed by atoms with Crippen molar-refractivity contribution in [3.8, 4) is 5.75 Å². The van der Waals surface area contributed by atoms with Crippen molar-refractivity contribution in [3.05, 3.63) is 48.0 Å². The van der Waals surface area contributed by atoms with E-state index in [4.69, 9.17) is 4.74 Å². The quantitative estimate of drug-likeness (QED) is 0.792. The Bertz CT molecular complexity index is 907. The minimum Gasteiger partial charge on any atom is -0.496 e. The molecule has 1 heterocycles. The topological polar surface area (TPSA) is 75.7 Å². The number of nitrogens with one attached hydrogen (secondary N) is 1. The lowest BCUT2D eigenvalue weighted by atomic mass is 10.2. The molecule has 138 valence electrons. The van der Waals surface area contributed by atoms with Gasteiger partial charge in [0, 0.05) is 29.6 Å². The molecule has 1 aliphatic rings. The number of sulfonamides is 1. The molecule has 0 aliphatic carbocycles. The lowest BCUT2D eigenvalue weighted by Gasteiger charge is -2.15. The van der Waals surface area contributed by atoms with Crippen LogP contribution in [0.15, 0.2) is 47.4 Å². The first-order valence-electron chi connectivity index (χ1n) is 8.27. The third-order valence-electron chi connectivity index (χ3n) is 4.31. The Morgan fingerprint density at radius 3 is 2.35 bits per heavy atom. The predicted molar refractivity (Wildman–Crippen MR) is 105 cm³/mol. The van der Waals surface area contributed by atoms with Gasteiger partial charge in [-0.05, 0) is 55.3 Å². The predicted octanol–water partition coefficient (Wildman–Crippen LogP) is 2.23. The number of ether oxygens (including phenoxy) is 1. The molecule has 26 heavy (non-hydrogen) atoms. The number of benzene rings is 2. The van der Waals surface area contributed by atoms with Crippen LogP contribution in [0, 0.1) is 0 Å². The molecule has 3 rings (SSSR count). The van der Waals surface area contributed by atoms with Crippen LogP contribution in [0.25, 0.3) is 0 Å². The summed E-state index contributed by atoms with van der Waals surface area (Å²) in [7, 11) is 0.651. The largest absolute Gasteiger partial charge is 0.496 e. The fraction of sp³-hybridized carbons (Fsp3) is 0.278. The SMILES string of the molecule is COc1ccc(C(=O)Nc2ccc(S(=O)(=O)N3CCCC3)cc2)cc1P. The summed E-state index contributed by atoms with van der Waals surface area (Å²) < 4.78 is 31.7. The summed E-state index contributed by atoms with van der Waals surface area (Å²) in [5.41, 5.74) is 1.03. The summed E-state index contributed by atoms with van der Waals surface area (Å²) in [6, 6.07) is 11.4. The van der Waals surface area contributed by atoms with E-state index in [0.717, 1.165) is 18.1 Å². The van der Waals surface area contributed by atoms with Gasteiger partial charge in [-0.2, -0.15) is 4.31 Å². The molecule has 0 saturated carbocycles. The zero-order valence-corrected chi connectivity index (χ0v) is 16.4. The van der Waals surface area contributed by atoms with E-state index in [2.05, 4.69) is 14.6 Å². The van der Waals surface area contributed by atoms with Crippen LogP contribution in [0.5, 0.6) is 5.75 Å². The van der Waals surface area contributed by atoms with Crippen LogP contribution < -0.4 is 15.4 Å². The molecule has 6 nitrogen and oxygen atoms in total. The lowest BCUT2D eigenvalue weighted by molar-refractivity contribution is 0.102. The highest BCUT2D eigenvalue weighted by Gasteiger charge is 2.26. The molecular formula is C18H21N2O4PS. The first-order chi connectivity index (χ1) is 12.4. The van der Waals surface area contributed by atoms with Crippen molar-refractivity contribution in [3.63, 3.8) is 0 Å². The van der Waals surface area contributed by atoms with Crippen molar-refractivity contribution >= 4 is 36.2 Å². The van der Waals surface area contributed by atoms with Gasteiger partial charge in [0.1, 0.15) is 5.75 Å². The van der Waals surface area contributed by atoms with E-state index in [0.29, 0.717) is 30.1 Å². The average molecular weight is 392 g/mol. The van der Waals surface area contributed by atoms with E-state index >= 15 is 0 Å². The second kappa shape index (κ2) is 7.74. The third-order valence-corrected chi connectivity index (χ3v) is 6.67. The molecular weight excluding hydrogens is 371 g/mol. The van der Waals surface area contributed by atoms with Gasteiger partial charge in [-0.1, -0.05) is 0 Å². The van der Waals surface area contributed by atoms with Crippen LogP contribution >= 0.6 is 9.24 Å². The normalized spacial score (nSPS) is 15.0. The number of nitrogens with zero attached hydrogens (tertiary/aromatic N) is 1. The van der Waals surface area contributed by atoms with Crippen LogP contribution in [0.3, 0.4) is 0 Å². The highest BCUT2D eigenvalue weighted by Crippen LogP contribution is 2.22. The fourth-order valence-corrected chi connectivity index (χ4v) is 4.78. The van der Waals surface area contributed by atoms with Crippen molar-refractivity contribution in [2.24, 2.45) is 0 Å². The van der Waals surface area contributed by atoms with E-state index < -0.39 is 10.0 Å². The second-order valence-electron chi connectivity index (χ2n) is 6.05. The highest BCUT2D eigenvalue weighted by molar-refractivity contribution is 7.89. The maximum absolute atomic E-state index is 12.5. The van der Waals surface area contributed by atoms with Gasteiger partial charge in [0.25, 0.3) is 5.91 Å². The van der Waals surface area contributed by atoms with Crippen LogP contribution in [-0.4, -0.2) is 38.8 Å². The number of amides is 1. The number of hydrogen-bond acceptors (Lipinski definition) is 4. The molecule has 1 amide bonds. The third kappa shape index (κ3) is 3.90. The Morgan fingerprint density at radius 1 is 1.12 bits per heavy atom. The van der Waals surface area contributed by atoms with E-state index in [9.17, 15) is 13.2 Å². The van der Waals surface area contributed by atoms with Crippen LogP contribution in [0.2, 0.25) is 0 Å². The van der Waals surface area contributed by atoms with Gasteiger partial charge < -0.3 is 10.1 Å². The summed E-state index contributed by atoms with van der Waals surface area (Å²) in [5, 5.41) is 3.56. The Labute approximate surface area is 155 Å². The Balaban J connectivity index is 1.73. The monoisotopic (exact) mass is 392 g/mol. The molecule has 1 saturated heterocycles. The number of hydrogen-bond donors (Lipinski definition) is 1. The van der Waals surface area contributed by atoms with Gasteiger partial charge >= 0.3 is 0 Å². The van der Waals surface area contributed by atoms with Gasteiger partial charge in [0.15, 0.2) is 0 Å². The summed E-state index contributed by atoms with van der Waals surface area (Å²) >= 11 is 0. The van der Waals surface area contributed by atoms with Crippen LogP contribution in [0.1, 0.15) is 23.2 Å². The van der Waals surface area contributed by atoms with Crippen molar-refractivity contribution in [1.29, 1.82) is 0 Å². The molecule has 2 aromatic rings. The number of carbonyl (C=O) groups excluding carboxylic acids is 1. The minimum atomic E-state index is -3.45. The highest BCUT2D eigenvalue weighted by atomic mass is 32.2. The molecule has 1 fully saturated rings. The molecule has 0 radical (unpaired) electrons. The first kappa shape index (κ1) is 18.8. The molecule has 1 atom stereocenters. The Morgan fingerprint density at radius 2 is 1.77 bits per heavy atom. The zero-order chi connectivity index (χ0) is 18.7. The van der Waals surface area contributed by atoms with Gasteiger partial charge in [-0.3, -0.25) is 4.79 Å². The molecule has 1 unspecified atom stereocenters. The minimum absolute atomic E-state index is 0.245. The maximum Gasteiger partial charge on any atom is 0.255 e. The number of carbonyl (C=O) groups is 1. The summed E-state index contributed by atoms with van der Waals surface area (Å²) in [5.74, 6) is 0.412. The lowest BCUT2D eigenvalue weighted by Crippen LogP contribution is -2.27. The van der Waals surface area contributed by atoms with Gasteiger partial charge in [0.05, 0.1) is 12.0 Å². The summed E-state index contributed by atoms with van der Waals surface area (Å²) in [6.45, 7) is 1.13. The average Bonchev–Trinajstić information content (AvgIpc) is 3.17. The van der Waals surface area contributed by atoms with Crippen molar-refractivity contribution in [2.75, 3.05) is 25.5 Å². The van der Waals surface area contributed by atoms with Crippen molar-refractivity contribution < 1.29 is 17.9 Å². The van der Waals surface area contributed by atoms with Gasteiger partial charge in [-0.25, -0.2) is 8.42 Å². The molecule has 1 aliphatic heterocycles. The fourth-order valence-electron chi connectivity index (χ4n) is 2.87. The number of anilines is 1. The molecule has 0 spiro atoms. The van der Waals surface area contributed by atoms with Gasteiger partial charge in [-0.15, -0.1) is 9.24 Å². The maximum atomic E-state index is 12.5. The smallest absolute Gasteiger partial charge is 0.255 e. The summed E-state index contributed by atoms with van der Waals surface area (Å²) in [4.78, 5) is 12.6. The molecule has 1 N–H and O–H groups in total. The summed E-state index contributed by atoms with van der Waals surface area (Å²) in [6.07, 6.45) is 1.79. The number of methoxy groups -OCH3 is 1. The van der Waals surface area contributed by atoms with E-state index in [1.54, 1.807) is 37.4 Å². The Hall–Kier alpha value is -1.95. The molecule has 0 bridgehead atoms. The molecule has 8 heteroatoms. The van der Waals surface area contributed by atoms with Crippen LogP contribution in [0.4, 0.5) is 5.69 Å². The first-order valence-corrected chi connectivity index (χ1v) is 10.3. The zero-order valence-electron chi connectivity index (χ0n) is 14.4.